The summed E-state index contributed by atoms with van der Waals surface area (Å²) in [5.74, 6) is 0.681. The minimum Gasteiger partial charge on any atom is -0.338 e. The molecule has 0 spiro atoms. The molecule has 6 rings (SSSR count). The predicted molar refractivity (Wildman–Crippen MR) is 103 cm³/mol. The van der Waals surface area contributed by atoms with Gasteiger partial charge in [0.25, 0.3) is 0 Å². The Bertz CT molecular complexity index is 1060. The number of aryl methyl sites for hydroxylation is 2. The van der Waals surface area contributed by atoms with Gasteiger partial charge < -0.3 is 9.47 Å². The van der Waals surface area contributed by atoms with Crippen LogP contribution in [0, 0.1) is 5.92 Å². The Morgan fingerprint density at radius 1 is 0.923 bits per heavy atom. The molecule has 130 valence electrons. The number of carbonyl (C=O) groups is 1. The van der Waals surface area contributed by atoms with Crippen LogP contribution in [0.5, 0.6) is 0 Å². The molecule has 2 aliphatic heterocycles. The average Bonchev–Trinajstić information content (AvgIpc) is 3.49. The highest BCUT2D eigenvalue weighted by Crippen LogP contribution is 2.40. The van der Waals surface area contributed by atoms with Crippen molar-refractivity contribution in [3.8, 4) is 5.69 Å². The van der Waals surface area contributed by atoms with Crippen molar-refractivity contribution in [3.63, 3.8) is 0 Å². The molecule has 0 radical (unpaired) electrons. The summed E-state index contributed by atoms with van der Waals surface area (Å²) in [5, 5.41) is 1.35. The van der Waals surface area contributed by atoms with E-state index in [2.05, 4.69) is 51.9 Å². The van der Waals surface area contributed by atoms with Gasteiger partial charge in [-0.1, -0.05) is 36.4 Å². The molecular weight excluding hydrogens is 320 g/mol. The summed E-state index contributed by atoms with van der Waals surface area (Å²) in [6, 6.07) is 15.6. The highest BCUT2D eigenvalue weighted by Gasteiger charge is 2.36. The van der Waals surface area contributed by atoms with E-state index in [1.54, 1.807) is 0 Å². The molecule has 3 nitrogen and oxygen atoms in total. The zero-order chi connectivity index (χ0) is 17.3. The largest absolute Gasteiger partial charge is 0.338 e. The molecule has 3 heterocycles. The van der Waals surface area contributed by atoms with Crippen LogP contribution in [0.1, 0.15) is 35.2 Å². The maximum atomic E-state index is 12.6. The third kappa shape index (κ3) is 1.97. The third-order valence-electron chi connectivity index (χ3n) is 6.39. The molecule has 0 atom stereocenters. The van der Waals surface area contributed by atoms with Gasteiger partial charge in [-0.25, -0.2) is 0 Å². The Balaban J connectivity index is 1.59. The van der Waals surface area contributed by atoms with Gasteiger partial charge in [-0.15, -0.1) is 0 Å². The lowest BCUT2D eigenvalue weighted by Crippen LogP contribution is -2.37. The first-order valence-electron chi connectivity index (χ1n) is 9.82. The predicted octanol–water partition coefficient (Wildman–Crippen LogP) is 4.02. The van der Waals surface area contributed by atoms with Gasteiger partial charge in [-0.3, -0.25) is 4.79 Å². The fourth-order valence-corrected chi connectivity index (χ4v) is 4.93. The number of amides is 1. The molecule has 0 N–H and O–H groups in total. The van der Waals surface area contributed by atoms with E-state index in [9.17, 15) is 4.79 Å². The van der Waals surface area contributed by atoms with E-state index in [0.717, 1.165) is 45.2 Å². The van der Waals surface area contributed by atoms with Crippen LogP contribution in [0.15, 0.2) is 42.5 Å². The molecular formula is C23H22N2O. The fourth-order valence-electron chi connectivity index (χ4n) is 4.93. The van der Waals surface area contributed by atoms with Crippen molar-refractivity contribution in [2.75, 3.05) is 6.54 Å². The third-order valence-corrected chi connectivity index (χ3v) is 6.39. The van der Waals surface area contributed by atoms with Crippen LogP contribution < -0.4 is 0 Å². The molecule has 1 saturated carbocycles. The van der Waals surface area contributed by atoms with Crippen LogP contribution in [0.25, 0.3) is 16.6 Å². The first kappa shape index (κ1) is 14.6. The van der Waals surface area contributed by atoms with Gasteiger partial charge >= 0.3 is 0 Å². The van der Waals surface area contributed by atoms with E-state index in [1.165, 1.54) is 39.0 Å². The number of para-hydroxylation sites is 2. The van der Waals surface area contributed by atoms with Crippen LogP contribution in [-0.2, 0) is 30.6 Å². The Morgan fingerprint density at radius 3 is 2.62 bits per heavy atom. The number of benzene rings is 2. The second-order valence-electron chi connectivity index (χ2n) is 7.99. The Hall–Kier alpha value is -2.55. The summed E-state index contributed by atoms with van der Waals surface area (Å²) in [4.78, 5) is 14.7. The highest BCUT2D eigenvalue weighted by atomic mass is 16.2. The lowest BCUT2D eigenvalue weighted by atomic mass is 9.99. The van der Waals surface area contributed by atoms with Crippen LogP contribution in [0.4, 0.5) is 0 Å². The Morgan fingerprint density at radius 2 is 1.73 bits per heavy atom. The zero-order valence-corrected chi connectivity index (χ0v) is 14.9. The zero-order valence-electron chi connectivity index (χ0n) is 14.9. The number of hydrogen-bond donors (Lipinski definition) is 0. The van der Waals surface area contributed by atoms with Crippen LogP contribution in [0.3, 0.4) is 0 Å². The van der Waals surface area contributed by atoms with E-state index in [0.29, 0.717) is 11.8 Å². The molecule has 0 unspecified atom stereocenters. The van der Waals surface area contributed by atoms with E-state index < -0.39 is 0 Å². The molecule has 3 aliphatic rings. The number of carbonyl (C=O) groups excluding carboxylic acids is 1. The topological polar surface area (TPSA) is 25.2 Å². The molecule has 1 fully saturated rings. The van der Waals surface area contributed by atoms with Crippen LogP contribution >= 0.6 is 0 Å². The van der Waals surface area contributed by atoms with E-state index >= 15 is 0 Å². The molecule has 3 aromatic rings. The van der Waals surface area contributed by atoms with Crippen LogP contribution in [0.2, 0.25) is 0 Å². The van der Waals surface area contributed by atoms with Gasteiger partial charge in [0.2, 0.25) is 5.91 Å². The Kier molecular flexibility index (Phi) is 2.94. The fraction of sp³-hybridized carbons (Fsp3) is 0.348. The van der Waals surface area contributed by atoms with Gasteiger partial charge in [-0.2, -0.15) is 0 Å². The summed E-state index contributed by atoms with van der Waals surface area (Å²) in [5.41, 5.74) is 8.38. The maximum Gasteiger partial charge on any atom is 0.225 e. The molecule has 1 aliphatic carbocycles. The summed E-state index contributed by atoms with van der Waals surface area (Å²) in [6.45, 7) is 1.63. The molecule has 1 aromatic heterocycles. The maximum absolute atomic E-state index is 12.6. The highest BCUT2D eigenvalue weighted by molar-refractivity contribution is 5.92. The summed E-state index contributed by atoms with van der Waals surface area (Å²) in [6.07, 6.45) is 5.30. The van der Waals surface area contributed by atoms with Gasteiger partial charge in [0.15, 0.2) is 0 Å². The molecule has 0 bridgehead atoms. The van der Waals surface area contributed by atoms with E-state index in [4.69, 9.17) is 0 Å². The first-order valence-corrected chi connectivity index (χ1v) is 9.82. The standard InChI is InChI=1S/C23H22N2O/c26-23(17-10-11-17)24-13-12-21-19(14-24)18-6-3-5-16-9-8-15-4-1-2-7-20(15)25(21)22(16)18/h1-7,17H,8-14H2. The van der Waals surface area contributed by atoms with Crippen molar-refractivity contribution in [1.82, 2.24) is 9.47 Å². The lowest BCUT2D eigenvalue weighted by Gasteiger charge is -2.28. The summed E-state index contributed by atoms with van der Waals surface area (Å²) in [7, 11) is 0. The second kappa shape index (κ2) is 5.23. The molecule has 26 heavy (non-hydrogen) atoms. The second-order valence-corrected chi connectivity index (χ2v) is 7.99. The molecule has 2 aromatic carbocycles. The van der Waals surface area contributed by atoms with E-state index in [-0.39, 0.29) is 0 Å². The van der Waals surface area contributed by atoms with Crippen molar-refractivity contribution in [2.24, 2.45) is 5.92 Å². The van der Waals surface area contributed by atoms with Gasteiger partial charge in [0.1, 0.15) is 0 Å². The first-order chi connectivity index (χ1) is 12.8. The monoisotopic (exact) mass is 342 g/mol. The van der Waals surface area contributed by atoms with Gasteiger partial charge in [0.05, 0.1) is 5.52 Å². The quantitative estimate of drug-likeness (QED) is 0.656. The smallest absolute Gasteiger partial charge is 0.225 e. The molecule has 1 amide bonds. The lowest BCUT2D eigenvalue weighted by molar-refractivity contribution is -0.133. The summed E-state index contributed by atoms with van der Waals surface area (Å²) < 4.78 is 2.52. The number of rotatable bonds is 1. The minimum absolute atomic E-state index is 0.306. The van der Waals surface area contributed by atoms with Crippen molar-refractivity contribution in [1.29, 1.82) is 0 Å². The number of fused-ring (bicyclic) bond motifs is 5. The minimum atomic E-state index is 0.306. The molecule has 3 heteroatoms. The van der Waals surface area contributed by atoms with E-state index in [1.807, 2.05) is 0 Å². The number of hydrogen-bond acceptors (Lipinski definition) is 1. The summed E-state index contributed by atoms with van der Waals surface area (Å²) >= 11 is 0. The normalized spacial score (nSPS) is 18.4. The number of aromatic nitrogens is 1. The van der Waals surface area contributed by atoms with Crippen LogP contribution in [-0.4, -0.2) is 21.9 Å². The number of nitrogens with zero attached hydrogens (tertiary/aromatic N) is 2. The van der Waals surface area contributed by atoms with Crippen molar-refractivity contribution in [2.45, 2.75) is 38.6 Å². The Labute approximate surface area is 153 Å². The van der Waals surface area contributed by atoms with Crippen molar-refractivity contribution < 1.29 is 4.79 Å². The molecule has 0 saturated heterocycles. The van der Waals surface area contributed by atoms with Crippen molar-refractivity contribution >= 4 is 16.8 Å². The SMILES string of the molecule is O=C(C1CC1)N1CCc2c(c3cccc4c3n2-c2ccccc2CC4)C1. The average molecular weight is 342 g/mol. The van der Waals surface area contributed by atoms with Gasteiger partial charge in [0, 0.05) is 47.8 Å². The van der Waals surface area contributed by atoms with Crippen molar-refractivity contribution in [3.05, 3.63) is 64.8 Å². The van der Waals surface area contributed by atoms with Gasteiger partial charge in [-0.05, 0) is 42.9 Å².